The molecule has 0 radical (unpaired) electrons. The van der Waals surface area contributed by atoms with Gasteiger partial charge in [-0.05, 0) is 25.0 Å². The Morgan fingerprint density at radius 2 is 1.79 bits per heavy atom. The van der Waals surface area contributed by atoms with E-state index in [-0.39, 0.29) is 12.2 Å². The fourth-order valence-corrected chi connectivity index (χ4v) is 1.80. The van der Waals surface area contributed by atoms with E-state index < -0.39 is 5.97 Å². The third-order valence-corrected chi connectivity index (χ3v) is 2.75. The lowest BCUT2D eigenvalue weighted by molar-refractivity contribution is -0.137. The number of aliphatic carboxylic acids is 1. The van der Waals surface area contributed by atoms with Crippen LogP contribution in [0.2, 0.25) is 0 Å². The summed E-state index contributed by atoms with van der Waals surface area (Å²) in [6.45, 7) is 0. The summed E-state index contributed by atoms with van der Waals surface area (Å²) in [4.78, 5) is 22.4. The maximum absolute atomic E-state index is 12.1. The first-order chi connectivity index (χ1) is 9.10. The van der Waals surface area contributed by atoms with Gasteiger partial charge in [-0.1, -0.05) is 6.07 Å². The number of ketones is 1. The topological polar surface area (TPSA) is 72.8 Å². The Labute approximate surface area is 112 Å². The fourth-order valence-electron chi connectivity index (χ4n) is 1.80. The predicted molar refractivity (Wildman–Crippen MR) is 70.0 cm³/mol. The first kappa shape index (κ1) is 15.0. The number of ether oxygens (including phenoxy) is 2. The predicted octanol–water partition coefficient (Wildman–Crippen LogP) is 2.53. The molecular weight excluding hydrogens is 248 g/mol. The van der Waals surface area contributed by atoms with Crippen molar-refractivity contribution in [2.45, 2.75) is 25.7 Å². The molecule has 0 atom stereocenters. The number of rotatable bonds is 8. The molecule has 0 spiro atoms. The van der Waals surface area contributed by atoms with Crippen LogP contribution in [0.5, 0.6) is 11.5 Å². The van der Waals surface area contributed by atoms with Crippen LogP contribution in [0.15, 0.2) is 18.2 Å². The van der Waals surface area contributed by atoms with Crippen molar-refractivity contribution in [3.8, 4) is 11.5 Å². The van der Waals surface area contributed by atoms with Gasteiger partial charge < -0.3 is 14.6 Å². The molecule has 1 rings (SSSR count). The lowest BCUT2D eigenvalue weighted by Gasteiger charge is -2.11. The molecule has 5 nitrogen and oxygen atoms in total. The number of benzene rings is 1. The minimum atomic E-state index is -0.841. The molecular formula is C14H18O5. The maximum Gasteiger partial charge on any atom is 0.303 e. The molecule has 5 heteroatoms. The van der Waals surface area contributed by atoms with Gasteiger partial charge in [0.25, 0.3) is 0 Å². The van der Waals surface area contributed by atoms with Crippen LogP contribution in [0, 0.1) is 0 Å². The number of carbonyl (C=O) groups excluding carboxylic acids is 1. The van der Waals surface area contributed by atoms with Crippen LogP contribution in [-0.4, -0.2) is 31.1 Å². The van der Waals surface area contributed by atoms with E-state index >= 15 is 0 Å². The van der Waals surface area contributed by atoms with Crippen LogP contribution in [0.25, 0.3) is 0 Å². The lowest BCUT2D eigenvalue weighted by Crippen LogP contribution is -2.04. The van der Waals surface area contributed by atoms with Crippen LogP contribution in [0.4, 0.5) is 0 Å². The van der Waals surface area contributed by atoms with Crippen molar-refractivity contribution >= 4 is 11.8 Å². The number of carbonyl (C=O) groups is 2. The normalized spacial score (nSPS) is 10.0. The molecule has 0 heterocycles. The van der Waals surface area contributed by atoms with Gasteiger partial charge in [0.2, 0.25) is 0 Å². The van der Waals surface area contributed by atoms with Gasteiger partial charge in [-0.2, -0.15) is 0 Å². The molecule has 0 saturated carbocycles. The van der Waals surface area contributed by atoms with Gasteiger partial charge in [-0.25, -0.2) is 0 Å². The Bertz CT molecular complexity index is 453. The highest BCUT2D eigenvalue weighted by atomic mass is 16.5. The maximum atomic E-state index is 12.1. The number of carboxylic acids is 1. The first-order valence-corrected chi connectivity index (χ1v) is 6.06. The van der Waals surface area contributed by atoms with Crippen molar-refractivity contribution in [1.82, 2.24) is 0 Å². The molecule has 0 aliphatic rings. The number of Topliss-reactive ketones (excluding diaryl/α,β-unsaturated/α-hetero) is 1. The van der Waals surface area contributed by atoms with Crippen molar-refractivity contribution in [3.05, 3.63) is 23.8 Å². The number of unbranched alkanes of at least 4 members (excludes halogenated alkanes) is 1. The van der Waals surface area contributed by atoms with E-state index in [0.29, 0.717) is 36.3 Å². The summed E-state index contributed by atoms with van der Waals surface area (Å²) in [5, 5.41) is 8.52. The molecule has 19 heavy (non-hydrogen) atoms. The molecule has 0 aromatic heterocycles. The lowest BCUT2D eigenvalue weighted by atomic mass is 10.0. The summed E-state index contributed by atoms with van der Waals surface area (Å²) in [5.74, 6) is 0.0275. The molecule has 1 aromatic carbocycles. The van der Waals surface area contributed by atoms with Gasteiger partial charge >= 0.3 is 5.97 Å². The van der Waals surface area contributed by atoms with E-state index in [0.717, 1.165) is 0 Å². The van der Waals surface area contributed by atoms with Gasteiger partial charge in [0, 0.05) is 12.8 Å². The minimum Gasteiger partial charge on any atom is -0.493 e. The quantitative estimate of drug-likeness (QED) is 0.578. The number of hydrogen-bond acceptors (Lipinski definition) is 4. The Balaban J connectivity index is 2.68. The molecule has 0 amide bonds. The van der Waals surface area contributed by atoms with Crippen molar-refractivity contribution in [3.63, 3.8) is 0 Å². The molecule has 0 saturated heterocycles. The van der Waals surface area contributed by atoms with E-state index in [2.05, 4.69) is 0 Å². The first-order valence-electron chi connectivity index (χ1n) is 6.06. The molecule has 0 bridgehead atoms. The van der Waals surface area contributed by atoms with E-state index in [1.165, 1.54) is 14.2 Å². The average Bonchev–Trinajstić information content (AvgIpc) is 2.42. The van der Waals surface area contributed by atoms with E-state index in [9.17, 15) is 9.59 Å². The van der Waals surface area contributed by atoms with Crippen molar-refractivity contribution in [2.75, 3.05) is 14.2 Å². The van der Waals surface area contributed by atoms with Crippen LogP contribution >= 0.6 is 0 Å². The van der Waals surface area contributed by atoms with Crippen LogP contribution < -0.4 is 9.47 Å². The molecule has 1 N–H and O–H groups in total. The van der Waals surface area contributed by atoms with Gasteiger partial charge in [0.15, 0.2) is 17.3 Å². The molecule has 0 fully saturated rings. The fraction of sp³-hybridized carbons (Fsp3) is 0.429. The van der Waals surface area contributed by atoms with E-state index in [1.807, 2.05) is 0 Å². The number of para-hydroxylation sites is 1. The number of carboxylic acid groups (broad SMARTS) is 1. The molecule has 104 valence electrons. The summed E-state index contributed by atoms with van der Waals surface area (Å²) in [5.41, 5.74) is 0.470. The highest BCUT2D eigenvalue weighted by molar-refractivity contribution is 5.99. The average molecular weight is 266 g/mol. The second-order valence-corrected chi connectivity index (χ2v) is 4.07. The monoisotopic (exact) mass is 266 g/mol. The Morgan fingerprint density at radius 3 is 2.37 bits per heavy atom. The smallest absolute Gasteiger partial charge is 0.303 e. The van der Waals surface area contributed by atoms with Gasteiger partial charge in [-0.15, -0.1) is 0 Å². The summed E-state index contributed by atoms with van der Waals surface area (Å²) >= 11 is 0. The molecule has 0 aliphatic carbocycles. The Morgan fingerprint density at radius 1 is 1.11 bits per heavy atom. The molecule has 0 unspecified atom stereocenters. The van der Waals surface area contributed by atoms with E-state index in [1.54, 1.807) is 18.2 Å². The van der Waals surface area contributed by atoms with Crippen molar-refractivity contribution in [2.24, 2.45) is 0 Å². The minimum absolute atomic E-state index is 0.0684. The highest BCUT2D eigenvalue weighted by Crippen LogP contribution is 2.31. The Hall–Kier alpha value is -2.04. The number of methoxy groups -OCH3 is 2. The number of hydrogen-bond donors (Lipinski definition) is 1. The van der Waals surface area contributed by atoms with Crippen LogP contribution in [0.1, 0.15) is 36.0 Å². The second kappa shape index (κ2) is 7.41. The summed E-state index contributed by atoms with van der Waals surface area (Å²) < 4.78 is 10.3. The molecule has 0 aliphatic heterocycles. The van der Waals surface area contributed by atoms with Crippen LogP contribution in [-0.2, 0) is 4.79 Å². The Kier molecular flexibility index (Phi) is 5.85. The standard InChI is InChI=1S/C14H18O5/c1-18-12-8-5-6-10(14(12)19-2)11(15)7-3-4-9-13(16)17/h5-6,8H,3-4,7,9H2,1-2H3,(H,16,17). The van der Waals surface area contributed by atoms with Gasteiger partial charge in [-0.3, -0.25) is 9.59 Å². The third-order valence-electron chi connectivity index (χ3n) is 2.75. The zero-order valence-corrected chi connectivity index (χ0v) is 11.1. The van der Waals surface area contributed by atoms with Crippen molar-refractivity contribution in [1.29, 1.82) is 0 Å². The van der Waals surface area contributed by atoms with Crippen molar-refractivity contribution < 1.29 is 24.2 Å². The second-order valence-electron chi connectivity index (χ2n) is 4.07. The van der Waals surface area contributed by atoms with Gasteiger partial charge in [0.1, 0.15) is 0 Å². The largest absolute Gasteiger partial charge is 0.493 e. The van der Waals surface area contributed by atoms with E-state index in [4.69, 9.17) is 14.6 Å². The zero-order chi connectivity index (χ0) is 14.3. The summed E-state index contributed by atoms with van der Waals surface area (Å²) in [7, 11) is 3.00. The SMILES string of the molecule is COc1cccc(C(=O)CCCCC(=O)O)c1OC. The highest BCUT2D eigenvalue weighted by Gasteiger charge is 2.15. The van der Waals surface area contributed by atoms with Gasteiger partial charge in [0.05, 0.1) is 19.8 Å². The third kappa shape index (κ3) is 4.28. The molecule has 1 aromatic rings. The summed E-state index contributed by atoms with van der Waals surface area (Å²) in [6.07, 6.45) is 1.43. The summed E-state index contributed by atoms with van der Waals surface area (Å²) in [6, 6.07) is 5.13. The van der Waals surface area contributed by atoms with Crippen LogP contribution in [0.3, 0.4) is 0 Å². The zero-order valence-electron chi connectivity index (χ0n) is 11.1.